The van der Waals surface area contributed by atoms with Crippen LogP contribution in [0, 0.1) is 5.92 Å². The van der Waals surface area contributed by atoms with Crippen molar-refractivity contribution in [2.24, 2.45) is 11.7 Å². The molecule has 1 aliphatic rings. The molecule has 0 spiro atoms. The molecule has 0 atom stereocenters. The molecule has 0 amide bonds. The summed E-state index contributed by atoms with van der Waals surface area (Å²) in [4.78, 5) is 0. The number of aryl methyl sites for hydroxylation is 1. The number of benzene rings is 1. The van der Waals surface area contributed by atoms with Crippen LogP contribution in [0.1, 0.15) is 19.3 Å². The van der Waals surface area contributed by atoms with Gasteiger partial charge >= 0.3 is 0 Å². The van der Waals surface area contributed by atoms with Crippen LogP contribution in [0.2, 0.25) is 0 Å². The summed E-state index contributed by atoms with van der Waals surface area (Å²) >= 11 is 0. The first kappa shape index (κ1) is 15.9. The topological polar surface area (TPSA) is 53.1 Å². The standard InChI is InChI=1S/C16H21N3O.ClH/c17-8-1-9-19-11-15(10-18-19)14-4-6-16(7-5-14)20-12-13-2-3-13;/h4-7,10-11,13H,1-3,8-9,12,17H2;1H. The fraction of sp³-hybridized carbons (Fsp3) is 0.438. The van der Waals surface area contributed by atoms with E-state index in [1.54, 1.807) is 0 Å². The molecule has 0 unspecified atom stereocenters. The molecule has 0 saturated heterocycles. The first-order valence-corrected chi connectivity index (χ1v) is 7.31. The van der Waals surface area contributed by atoms with Gasteiger partial charge in [0.05, 0.1) is 12.8 Å². The summed E-state index contributed by atoms with van der Waals surface area (Å²) in [6.07, 6.45) is 7.56. The molecule has 0 bridgehead atoms. The second-order valence-corrected chi connectivity index (χ2v) is 5.41. The molecule has 0 radical (unpaired) electrons. The van der Waals surface area contributed by atoms with E-state index in [2.05, 4.69) is 23.4 Å². The number of hydrogen-bond acceptors (Lipinski definition) is 3. The summed E-state index contributed by atoms with van der Waals surface area (Å²) in [6.45, 7) is 2.43. The lowest BCUT2D eigenvalue weighted by molar-refractivity contribution is 0.300. The molecule has 21 heavy (non-hydrogen) atoms. The predicted octanol–water partition coefficient (Wildman–Crippen LogP) is 3.11. The van der Waals surface area contributed by atoms with E-state index >= 15 is 0 Å². The Morgan fingerprint density at radius 2 is 1.95 bits per heavy atom. The fourth-order valence-corrected chi connectivity index (χ4v) is 2.13. The first-order valence-electron chi connectivity index (χ1n) is 7.31. The van der Waals surface area contributed by atoms with E-state index in [0.29, 0.717) is 6.54 Å². The van der Waals surface area contributed by atoms with Crippen molar-refractivity contribution in [3.8, 4) is 16.9 Å². The molecule has 1 saturated carbocycles. The van der Waals surface area contributed by atoms with Crippen molar-refractivity contribution in [2.45, 2.75) is 25.8 Å². The van der Waals surface area contributed by atoms with Gasteiger partial charge in [-0.05, 0) is 49.4 Å². The third kappa shape index (κ3) is 4.48. The second kappa shape index (κ2) is 7.48. The average Bonchev–Trinajstić information content (AvgIpc) is 3.20. The lowest BCUT2D eigenvalue weighted by atomic mass is 10.1. The summed E-state index contributed by atoms with van der Waals surface area (Å²) in [7, 11) is 0. The predicted molar refractivity (Wildman–Crippen MR) is 86.8 cm³/mol. The molecule has 4 nitrogen and oxygen atoms in total. The van der Waals surface area contributed by atoms with E-state index in [-0.39, 0.29) is 12.4 Å². The number of aromatic nitrogens is 2. The van der Waals surface area contributed by atoms with Crippen LogP contribution in [0.15, 0.2) is 36.7 Å². The zero-order valence-corrected chi connectivity index (χ0v) is 12.9. The lowest BCUT2D eigenvalue weighted by Crippen LogP contribution is -2.05. The van der Waals surface area contributed by atoms with Crippen molar-refractivity contribution in [1.29, 1.82) is 0 Å². The maximum Gasteiger partial charge on any atom is 0.119 e. The van der Waals surface area contributed by atoms with Crippen molar-refractivity contribution < 1.29 is 4.74 Å². The molecule has 114 valence electrons. The normalized spacial score (nSPS) is 13.8. The van der Waals surface area contributed by atoms with E-state index < -0.39 is 0 Å². The van der Waals surface area contributed by atoms with Gasteiger partial charge in [-0.1, -0.05) is 12.1 Å². The fourth-order valence-electron chi connectivity index (χ4n) is 2.13. The molecule has 1 aromatic carbocycles. The summed E-state index contributed by atoms with van der Waals surface area (Å²) in [5.74, 6) is 1.74. The van der Waals surface area contributed by atoms with Crippen molar-refractivity contribution in [3.63, 3.8) is 0 Å². The minimum absolute atomic E-state index is 0. The Kier molecular flexibility index (Phi) is 5.65. The summed E-state index contributed by atoms with van der Waals surface area (Å²) < 4.78 is 7.69. The van der Waals surface area contributed by atoms with E-state index in [1.807, 2.05) is 23.0 Å². The van der Waals surface area contributed by atoms with Gasteiger partial charge in [0, 0.05) is 18.3 Å². The van der Waals surface area contributed by atoms with Crippen molar-refractivity contribution in [2.75, 3.05) is 13.2 Å². The number of hydrogen-bond donors (Lipinski definition) is 1. The highest BCUT2D eigenvalue weighted by atomic mass is 35.5. The highest BCUT2D eigenvalue weighted by Crippen LogP contribution is 2.30. The van der Waals surface area contributed by atoms with Crippen molar-refractivity contribution in [1.82, 2.24) is 9.78 Å². The minimum atomic E-state index is 0. The van der Waals surface area contributed by atoms with Crippen LogP contribution in [0.5, 0.6) is 5.75 Å². The molecule has 1 fully saturated rings. The molecule has 0 aliphatic heterocycles. The Labute approximate surface area is 131 Å². The first-order chi connectivity index (χ1) is 9.85. The maximum atomic E-state index is 5.74. The van der Waals surface area contributed by atoms with Gasteiger partial charge in [0.15, 0.2) is 0 Å². The molecular weight excluding hydrogens is 286 g/mol. The molecule has 5 heteroatoms. The zero-order valence-electron chi connectivity index (χ0n) is 12.1. The number of rotatable bonds is 7. The van der Waals surface area contributed by atoms with Crippen molar-refractivity contribution >= 4 is 12.4 Å². The van der Waals surface area contributed by atoms with Crippen LogP contribution in [0.25, 0.3) is 11.1 Å². The minimum Gasteiger partial charge on any atom is -0.493 e. The SMILES string of the molecule is Cl.NCCCn1cc(-c2ccc(OCC3CC3)cc2)cn1. The summed E-state index contributed by atoms with van der Waals surface area (Å²) in [6, 6.07) is 8.25. The van der Waals surface area contributed by atoms with E-state index in [0.717, 1.165) is 36.8 Å². The van der Waals surface area contributed by atoms with Crippen LogP contribution in [0.4, 0.5) is 0 Å². The molecule has 3 rings (SSSR count). The van der Waals surface area contributed by atoms with E-state index in [9.17, 15) is 0 Å². The molecule has 1 heterocycles. The molecule has 1 aliphatic carbocycles. The van der Waals surface area contributed by atoms with E-state index in [1.165, 1.54) is 18.4 Å². The number of ether oxygens (including phenoxy) is 1. The van der Waals surface area contributed by atoms with Gasteiger partial charge in [-0.25, -0.2) is 0 Å². The zero-order chi connectivity index (χ0) is 13.8. The quantitative estimate of drug-likeness (QED) is 0.855. The smallest absolute Gasteiger partial charge is 0.119 e. The summed E-state index contributed by atoms with van der Waals surface area (Å²) in [5.41, 5.74) is 7.81. The highest BCUT2D eigenvalue weighted by molar-refractivity contribution is 5.85. The van der Waals surface area contributed by atoms with Gasteiger partial charge in [-0.3, -0.25) is 4.68 Å². The van der Waals surface area contributed by atoms with Crippen LogP contribution in [-0.4, -0.2) is 22.9 Å². The molecular formula is C16H22ClN3O. The van der Waals surface area contributed by atoms with Crippen LogP contribution in [0.3, 0.4) is 0 Å². The Morgan fingerprint density at radius 1 is 1.19 bits per heavy atom. The highest BCUT2D eigenvalue weighted by Gasteiger charge is 2.21. The molecule has 2 N–H and O–H groups in total. The summed E-state index contributed by atoms with van der Waals surface area (Å²) in [5, 5.41) is 4.35. The van der Waals surface area contributed by atoms with Crippen LogP contribution < -0.4 is 10.5 Å². The Morgan fingerprint density at radius 3 is 2.62 bits per heavy atom. The van der Waals surface area contributed by atoms with Gasteiger partial charge in [0.2, 0.25) is 0 Å². The Bertz CT molecular complexity index is 549. The van der Waals surface area contributed by atoms with Gasteiger partial charge in [0.25, 0.3) is 0 Å². The monoisotopic (exact) mass is 307 g/mol. The Hall–Kier alpha value is -1.52. The van der Waals surface area contributed by atoms with Gasteiger partial charge in [-0.2, -0.15) is 5.10 Å². The van der Waals surface area contributed by atoms with Gasteiger partial charge in [0.1, 0.15) is 5.75 Å². The van der Waals surface area contributed by atoms with E-state index in [4.69, 9.17) is 10.5 Å². The lowest BCUT2D eigenvalue weighted by Gasteiger charge is -2.05. The number of nitrogens with zero attached hydrogens (tertiary/aromatic N) is 2. The van der Waals surface area contributed by atoms with Gasteiger partial charge in [-0.15, -0.1) is 12.4 Å². The largest absolute Gasteiger partial charge is 0.493 e. The number of halogens is 1. The van der Waals surface area contributed by atoms with Gasteiger partial charge < -0.3 is 10.5 Å². The maximum absolute atomic E-state index is 5.74. The van der Waals surface area contributed by atoms with Crippen LogP contribution >= 0.6 is 12.4 Å². The Balaban J connectivity index is 0.00000161. The average molecular weight is 308 g/mol. The van der Waals surface area contributed by atoms with Crippen LogP contribution in [-0.2, 0) is 6.54 Å². The third-order valence-electron chi connectivity index (χ3n) is 3.59. The van der Waals surface area contributed by atoms with Crippen molar-refractivity contribution in [3.05, 3.63) is 36.7 Å². The molecule has 1 aromatic heterocycles. The molecule has 2 aromatic rings. The second-order valence-electron chi connectivity index (χ2n) is 5.41. The number of nitrogens with two attached hydrogens (primary N) is 1. The third-order valence-corrected chi connectivity index (χ3v) is 3.59.